The Kier molecular flexibility index (Phi) is 8.37. The van der Waals surface area contributed by atoms with E-state index in [1.54, 1.807) is 0 Å². The van der Waals surface area contributed by atoms with E-state index < -0.39 is 12.0 Å². The molecule has 1 amide bonds. The Balaban J connectivity index is 3.70. The zero-order valence-electron chi connectivity index (χ0n) is 11.6. The Morgan fingerprint density at radius 2 is 1.83 bits per heavy atom. The molecular formula is C13H26N2O3. The number of nitrogens with one attached hydrogen (secondary N) is 1. The molecule has 5 nitrogen and oxygen atoms in total. The van der Waals surface area contributed by atoms with Crippen LogP contribution in [-0.2, 0) is 9.59 Å². The van der Waals surface area contributed by atoms with Crippen molar-refractivity contribution in [2.24, 2.45) is 17.6 Å². The molecule has 0 aliphatic carbocycles. The second kappa shape index (κ2) is 8.91. The molecule has 0 aromatic rings. The van der Waals surface area contributed by atoms with Crippen molar-refractivity contribution in [3.8, 4) is 0 Å². The lowest BCUT2D eigenvalue weighted by molar-refractivity contribution is -0.137. The number of rotatable bonds is 9. The van der Waals surface area contributed by atoms with Crippen LogP contribution >= 0.6 is 0 Å². The standard InChI is InChI=1S/C13H26N2O3/c1-9(2)8-11(14)13(18)15-7-6-10(3)4-5-12(16)17/h9-11H,4-8,14H2,1-3H3,(H,15,18)(H,16,17)/t10?,11-/m0/s1. The second-order valence-electron chi connectivity index (χ2n) is 5.35. The number of carbonyl (C=O) groups is 2. The lowest BCUT2D eigenvalue weighted by atomic mass is 10.0. The van der Waals surface area contributed by atoms with E-state index in [9.17, 15) is 9.59 Å². The number of amides is 1. The molecule has 0 heterocycles. The van der Waals surface area contributed by atoms with Gasteiger partial charge in [-0.05, 0) is 31.1 Å². The fourth-order valence-corrected chi connectivity index (χ4v) is 1.70. The zero-order valence-corrected chi connectivity index (χ0v) is 11.6. The first-order valence-electron chi connectivity index (χ1n) is 6.58. The lowest BCUT2D eigenvalue weighted by Gasteiger charge is -2.15. The Morgan fingerprint density at radius 3 is 2.33 bits per heavy atom. The summed E-state index contributed by atoms with van der Waals surface area (Å²) in [5, 5.41) is 11.3. The van der Waals surface area contributed by atoms with Crippen molar-refractivity contribution < 1.29 is 14.7 Å². The highest BCUT2D eigenvalue weighted by Gasteiger charge is 2.14. The van der Waals surface area contributed by atoms with Gasteiger partial charge in [-0.3, -0.25) is 9.59 Å². The number of carboxylic acid groups (broad SMARTS) is 1. The van der Waals surface area contributed by atoms with Crippen LogP contribution in [0.2, 0.25) is 0 Å². The first-order valence-corrected chi connectivity index (χ1v) is 6.58. The summed E-state index contributed by atoms with van der Waals surface area (Å²) < 4.78 is 0. The average Bonchev–Trinajstić information content (AvgIpc) is 2.25. The van der Waals surface area contributed by atoms with Gasteiger partial charge in [0, 0.05) is 13.0 Å². The van der Waals surface area contributed by atoms with E-state index in [4.69, 9.17) is 10.8 Å². The van der Waals surface area contributed by atoms with Crippen LogP contribution in [0.15, 0.2) is 0 Å². The smallest absolute Gasteiger partial charge is 0.303 e. The van der Waals surface area contributed by atoms with Crippen LogP contribution in [0.3, 0.4) is 0 Å². The maximum Gasteiger partial charge on any atom is 0.303 e. The van der Waals surface area contributed by atoms with Crippen molar-refractivity contribution >= 4 is 11.9 Å². The van der Waals surface area contributed by atoms with Crippen molar-refractivity contribution in [3.63, 3.8) is 0 Å². The van der Waals surface area contributed by atoms with Gasteiger partial charge in [-0.15, -0.1) is 0 Å². The molecule has 0 aliphatic rings. The minimum absolute atomic E-state index is 0.117. The summed E-state index contributed by atoms with van der Waals surface area (Å²) in [6.07, 6.45) is 2.29. The zero-order chi connectivity index (χ0) is 14.1. The molecule has 0 rings (SSSR count). The van der Waals surface area contributed by atoms with Crippen LogP contribution in [0.4, 0.5) is 0 Å². The highest BCUT2D eigenvalue weighted by Crippen LogP contribution is 2.09. The van der Waals surface area contributed by atoms with Gasteiger partial charge in [0.05, 0.1) is 6.04 Å². The molecular weight excluding hydrogens is 232 g/mol. The molecule has 1 unspecified atom stereocenters. The lowest BCUT2D eigenvalue weighted by Crippen LogP contribution is -2.41. The Labute approximate surface area is 109 Å². The molecule has 0 radical (unpaired) electrons. The third kappa shape index (κ3) is 8.98. The van der Waals surface area contributed by atoms with Crippen molar-refractivity contribution in [2.45, 2.75) is 52.5 Å². The van der Waals surface area contributed by atoms with Gasteiger partial charge in [0.15, 0.2) is 0 Å². The average molecular weight is 258 g/mol. The highest BCUT2D eigenvalue weighted by atomic mass is 16.4. The summed E-state index contributed by atoms with van der Waals surface area (Å²) in [6, 6.07) is -0.445. The molecule has 0 saturated carbocycles. The maximum atomic E-state index is 11.6. The van der Waals surface area contributed by atoms with Crippen LogP contribution in [0.25, 0.3) is 0 Å². The van der Waals surface area contributed by atoms with Gasteiger partial charge in [-0.1, -0.05) is 20.8 Å². The Hall–Kier alpha value is -1.10. The fraction of sp³-hybridized carbons (Fsp3) is 0.846. The largest absolute Gasteiger partial charge is 0.481 e. The summed E-state index contributed by atoms with van der Waals surface area (Å²) in [5.74, 6) is -0.193. The Morgan fingerprint density at radius 1 is 1.22 bits per heavy atom. The molecule has 18 heavy (non-hydrogen) atoms. The quantitative estimate of drug-likeness (QED) is 0.582. The van der Waals surface area contributed by atoms with Gasteiger partial charge >= 0.3 is 5.97 Å². The number of hydrogen-bond donors (Lipinski definition) is 3. The molecule has 0 saturated heterocycles. The molecule has 5 heteroatoms. The minimum atomic E-state index is -0.773. The fourth-order valence-electron chi connectivity index (χ4n) is 1.70. The van der Waals surface area contributed by atoms with E-state index in [-0.39, 0.29) is 12.3 Å². The van der Waals surface area contributed by atoms with Gasteiger partial charge in [0.25, 0.3) is 0 Å². The number of aliphatic carboxylic acids is 1. The number of nitrogens with two attached hydrogens (primary N) is 1. The first kappa shape index (κ1) is 16.9. The molecule has 2 atom stereocenters. The summed E-state index contributed by atoms with van der Waals surface area (Å²) in [4.78, 5) is 22.0. The van der Waals surface area contributed by atoms with E-state index in [2.05, 4.69) is 5.32 Å². The van der Waals surface area contributed by atoms with E-state index in [1.807, 2.05) is 20.8 Å². The molecule has 106 valence electrons. The first-order chi connectivity index (χ1) is 8.32. The highest BCUT2D eigenvalue weighted by molar-refractivity contribution is 5.81. The maximum absolute atomic E-state index is 11.6. The van der Waals surface area contributed by atoms with Crippen LogP contribution in [0.1, 0.15) is 46.5 Å². The Bertz CT molecular complexity index is 267. The van der Waals surface area contributed by atoms with E-state index in [1.165, 1.54) is 0 Å². The van der Waals surface area contributed by atoms with E-state index in [0.717, 1.165) is 6.42 Å². The van der Waals surface area contributed by atoms with Gasteiger partial charge in [-0.2, -0.15) is 0 Å². The normalized spacial score (nSPS) is 14.3. The summed E-state index contributed by atoms with van der Waals surface area (Å²) in [5.41, 5.74) is 5.74. The topological polar surface area (TPSA) is 92.4 Å². The molecule has 0 aromatic heterocycles. The predicted octanol–water partition coefficient (Wildman–Crippen LogP) is 1.37. The second-order valence-corrected chi connectivity index (χ2v) is 5.35. The summed E-state index contributed by atoms with van der Waals surface area (Å²) in [6.45, 7) is 6.61. The van der Waals surface area contributed by atoms with Crippen molar-refractivity contribution in [2.75, 3.05) is 6.54 Å². The van der Waals surface area contributed by atoms with Crippen LogP contribution < -0.4 is 11.1 Å². The van der Waals surface area contributed by atoms with Gasteiger partial charge in [0.2, 0.25) is 5.91 Å². The summed E-state index contributed by atoms with van der Waals surface area (Å²) >= 11 is 0. The molecule has 0 bridgehead atoms. The van der Waals surface area contributed by atoms with Gasteiger partial charge < -0.3 is 16.2 Å². The molecule has 0 aliphatic heterocycles. The third-order valence-corrected chi connectivity index (χ3v) is 2.85. The summed E-state index contributed by atoms with van der Waals surface area (Å²) in [7, 11) is 0. The van der Waals surface area contributed by atoms with E-state index >= 15 is 0 Å². The third-order valence-electron chi connectivity index (χ3n) is 2.85. The predicted molar refractivity (Wildman–Crippen MR) is 71.1 cm³/mol. The monoisotopic (exact) mass is 258 g/mol. The molecule has 0 aromatic carbocycles. The molecule has 0 fully saturated rings. The van der Waals surface area contributed by atoms with Crippen LogP contribution in [-0.4, -0.2) is 29.6 Å². The van der Waals surface area contributed by atoms with E-state index in [0.29, 0.717) is 31.2 Å². The van der Waals surface area contributed by atoms with Crippen LogP contribution in [0, 0.1) is 11.8 Å². The molecule has 0 spiro atoms. The van der Waals surface area contributed by atoms with Crippen molar-refractivity contribution in [3.05, 3.63) is 0 Å². The van der Waals surface area contributed by atoms with Gasteiger partial charge in [0.1, 0.15) is 0 Å². The number of hydrogen-bond acceptors (Lipinski definition) is 3. The minimum Gasteiger partial charge on any atom is -0.481 e. The van der Waals surface area contributed by atoms with Crippen molar-refractivity contribution in [1.29, 1.82) is 0 Å². The van der Waals surface area contributed by atoms with Crippen LogP contribution in [0.5, 0.6) is 0 Å². The number of carbonyl (C=O) groups excluding carboxylic acids is 1. The van der Waals surface area contributed by atoms with Crippen molar-refractivity contribution in [1.82, 2.24) is 5.32 Å². The van der Waals surface area contributed by atoms with Gasteiger partial charge in [-0.25, -0.2) is 0 Å². The SMILES string of the molecule is CC(C)C[C@H](N)C(=O)NCCC(C)CCC(=O)O. The molecule has 4 N–H and O–H groups in total. The number of carboxylic acids is 1.